The van der Waals surface area contributed by atoms with Gasteiger partial charge in [0.15, 0.2) is 0 Å². The number of anilines is 2. The second kappa shape index (κ2) is 8.18. The molecule has 1 amide bonds. The van der Waals surface area contributed by atoms with Crippen LogP contribution in [-0.2, 0) is 10.2 Å². The average molecular weight is 473 g/mol. The summed E-state index contributed by atoms with van der Waals surface area (Å²) < 4.78 is 0. The molecule has 10 heteroatoms. The van der Waals surface area contributed by atoms with Gasteiger partial charge in [-0.3, -0.25) is 4.79 Å². The molecule has 2 aliphatic carbocycles. The lowest BCUT2D eigenvalue weighted by Crippen LogP contribution is -2.27. The minimum absolute atomic E-state index is 0.0552. The van der Waals surface area contributed by atoms with Crippen molar-refractivity contribution in [3.05, 3.63) is 65.4 Å². The number of hydrogen-bond acceptors (Lipinski definition) is 7. The largest absolute Gasteiger partial charge is 0.351 e. The number of aromatic nitrogens is 6. The predicted molar refractivity (Wildman–Crippen MR) is 128 cm³/mol. The number of benzene rings is 2. The molecule has 0 aliphatic heterocycles. The van der Waals surface area contributed by atoms with Gasteiger partial charge in [0.25, 0.3) is 0 Å². The Hall–Kier alpha value is -3.85. The summed E-state index contributed by atoms with van der Waals surface area (Å²) in [6.45, 7) is 0. The molecule has 4 aromatic rings. The number of halogens is 1. The number of aromatic amines is 1. The summed E-state index contributed by atoms with van der Waals surface area (Å²) >= 11 is 6.17. The molecule has 0 unspecified atom stereocenters. The fourth-order valence-corrected chi connectivity index (χ4v) is 4.29. The summed E-state index contributed by atoms with van der Waals surface area (Å²) in [4.78, 5) is 22.1. The van der Waals surface area contributed by atoms with Crippen molar-refractivity contribution in [2.24, 2.45) is 0 Å². The van der Waals surface area contributed by atoms with Crippen LogP contribution >= 0.6 is 11.6 Å². The summed E-state index contributed by atoms with van der Waals surface area (Å²) in [6, 6.07) is 13.6. The molecule has 2 aromatic heterocycles. The number of tetrazole rings is 1. The fraction of sp³-hybridized carbons (Fsp3) is 0.250. The second-order valence-electron chi connectivity index (χ2n) is 8.76. The summed E-state index contributed by atoms with van der Waals surface area (Å²) in [7, 11) is 0. The maximum Gasteiger partial charge on any atom is 0.235 e. The predicted octanol–water partition coefficient (Wildman–Crippen LogP) is 4.22. The zero-order valence-electron chi connectivity index (χ0n) is 18.1. The number of carbonyl (C=O) groups is 1. The van der Waals surface area contributed by atoms with Crippen molar-refractivity contribution in [1.29, 1.82) is 0 Å². The molecule has 0 bridgehead atoms. The monoisotopic (exact) mass is 472 g/mol. The van der Waals surface area contributed by atoms with Crippen LogP contribution < -0.4 is 10.6 Å². The van der Waals surface area contributed by atoms with Gasteiger partial charge < -0.3 is 10.6 Å². The highest BCUT2D eigenvalue weighted by Gasteiger charge is 2.51. The van der Waals surface area contributed by atoms with E-state index in [1.165, 1.54) is 0 Å². The Morgan fingerprint density at radius 3 is 2.56 bits per heavy atom. The summed E-state index contributed by atoms with van der Waals surface area (Å²) in [5.41, 5.74) is 3.41. The zero-order valence-corrected chi connectivity index (χ0v) is 18.9. The molecule has 2 fully saturated rings. The van der Waals surface area contributed by atoms with Gasteiger partial charge in [-0.2, -0.15) is 5.21 Å². The van der Waals surface area contributed by atoms with Crippen LogP contribution in [0.1, 0.15) is 31.2 Å². The van der Waals surface area contributed by atoms with Crippen molar-refractivity contribution in [2.45, 2.75) is 37.1 Å². The van der Waals surface area contributed by atoms with Gasteiger partial charge in [0.05, 0.1) is 5.41 Å². The Labute approximate surface area is 200 Å². The Morgan fingerprint density at radius 2 is 1.88 bits per heavy atom. The number of rotatable bonds is 7. The lowest BCUT2D eigenvalue weighted by molar-refractivity contribution is -0.118. The molecule has 2 aliphatic rings. The Kier molecular flexibility index (Phi) is 4.99. The van der Waals surface area contributed by atoms with Crippen LogP contribution in [0.15, 0.2) is 54.9 Å². The minimum Gasteiger partial charge on any atom is -0.351 e. The van der Waals surface area contributed by atoms with E-state index in [9.17, 15) is 4.79 Å². The quantitative estimate of drug-likeness (QED) is 0.368. The topological polar surface area (TPSA) is 121 Å². The molecule has 34 heavy (non-hydrogen) atoms. The van der Waals surface area contributed by atoms with Gasteiger partial charge in [0.1, 0.15) is 0 Å². The number of carbonyl (C=O) groups excluding carboxylic acids is 1. The molecule has 2 saturated carbocycles. The molecule has 2 heterocycles. The van der Waals surface area contributed by atoms with Crippen molar-refractivity contribution in [1.82, 2.24) is 30.6 Å². The van der Waals surface area contributed by atoms with E-state index >= 15 is 0 Å². The Bertz CT molecular complexity index is 1350. The third kappa shape index (κ3) is 3.99. The van der Waals surface area contributed by atoms with Gasteiger partial charge in [0, 0.05) is 40.3 Å². The lowest BCUT2D eigenvalue weighted by Gasteiger charge is -2.17. The summed E-state index contributed by atoms with van der Waals surface area (Å²) in [5, 5.41) is 21.5. The minimum atomic E-state index is -0.548. The third-order valence-corrected chi connectivity index (χ3v) is 6.53. The van der Waals surface area contributed by atoms with E-state index in [0.717, 1.165) is 42.4 Å². The maximum absolute atomic E-state index is 13.3. The van der Waals surface area contributed by atoms with Gasteiger partial charge in [-0.05, 0) is 66.3 Å². The van der Waals surface area contributed by atoms with Gasteiger partial charge >= 0.3 is 0 Å². The van der Waals surface area contributed by atoms with Crippen molar-refractivity contribution in [2.75, 3.05) is 10.6 Å². The molecule has 6 rings (SSSR count). The molecule has 0 atom stereocenters. The van der Waals surface area contributed by atoms with E-state index in [1.807, 2.05) is 42.5 Å². The Morgan fingerprint density at radius 1 is 1.06 bits per heavy atom. The van der Waals surface area contributed by atoms with Crippen LogP contribution in [0.3, 0.4) is 0 Å². The SMILES string of the molecule is O=C(Nc1ccc(-c2cnc(NC3CC3)nc2)c(-c2nn[nH]n2)c1)C1(c2cccc(Cl)c2)CC1. The van der Waals surface area contributed by atoms with Crippen LogP contribution in [-0.4, -0.2) is 42.5 Å². The van der Waals surface area contributed by atoms with Crippen LogP contribution in [0, 0.1) is 0 Å². The number of hydrogen-bond donors (Lipinski definition) is 3. The van der Waals surface area contributed by atoms with E-state index in [0.29, 0.717) is 34.1 Å². The van der Waals surface area contributed by atoms with Gasteiger partial charge in [-0.15, -0.1) is 10.2 Å². The normalized spacial score (nSPS) is 16.1. The van der Waals surface area contributed by atoms with E-state index in [-0.39, 0.29) is 5.91 Å². The number of amides is 1. The number of nitrogens with zero attached hydrogens (tertiary/aromatic N) is 5. The summed E-state index contributed by atoms with van der Waals surface area (Å²) in [5.74, 6) is 0.981. The van der Waals surface area contributed by atoms with Crippen LogP contribution in [0.5, 0.6) is 0 Å². The molecule has 0 spiro atoms. The first-order valence-corrected chi connectivity index (χ1v) is 11.5. The molecule has 2 aromatic carbocycles. The van der Waals surface area contributed by atoms with E-state index in [2.05, 4.69) is 41.2 Å². The van der Waals surface area contributed by atoms with E-state index < -0.39 is 5.41 Å². The number of H-pyrrole nitrogens is 1. The van der Waals surface area contributed by atoms with Gasteiger partial charge in [-0.1, -0.05) is 29.8 Å². The van der Waals surface area contributed by atoms with Crippen LogP contribution in [0.2, 0.25) is 5.02 Å². The van der Waals surface area contributed by atoms with Gasteiger partial charge in [-0.25, -0.2) is 9.97 Å². The molecule has 0 radical (unpaired) electrons. The van der Waals surface area contributed by atoms with Gasteiger partial charge in [0.2, 0.25) is 17.7 Å². The summed E-state index contributed by atoms with van der Waals surface area (Å²) in [6.07, 6.45) is 7.42. The first-order valence-electron chi connectivity index (χ1n) is 11.2. The van der Waals surface area contributed by atoms with Crippen LogP contribution in [0.4, 0.5) is 11.6 Å². The molecule has 170 valence electrons. The lowest BCUT2D eigenvalue weighted by atomic mass is 9.94. The fourth-order valence-electron chi connectivity index (χ4n) is 4.10. The van der Waals surface area contributed by atoms with Crippen molar-refractivity contribution < 1.29 is 4.79 Å². The van der Waals surface area contributed by atoms with Crippen molar-refractivity contribution in [3.63, 3.8) is 0 Å². The highest BCUT2D eigenvalue weighted by atomic mass is 35.5. The van der Waals surface area contributed by atoms with Crippen molar-refractivity contribution in [3.8, 4) is 22.5 Å². The second-order valence-corrected chi connectivity index (χ2v) is 9.19. The van der Waals surface area contributed by atoms with E-state index in [4.69, 9.17) is 11.6 Å². The number of nitrogens with one attached hydrogen (secondary N) is 3. The molecular weight excluding hydrogens is 452 g/mol. The molecular formula is C24H21ClN8O. The smallest absolute Gasteiger partial charge is 0.235 e. The third-order valence-electron chi connectivity index (χ3n) is 6.30. The molecule has 0 saturated heterocycles. The first-order chi connectivity index (χ1) is 16.6. The van der Waals surface area contributed by atoms with Crippen molar-refractivity contribution >= 4 is 29.1 Å². The highest BCUT2D eigenvalue weighted by Crippen LogP contribution is 2.49. The first kappa shape index (κ1) is 20.7. The molecule has 9 nitrogen and oxygen atoms in total. The highest BCUT2D eigenvalue weighted by molar-refractivity contribution is 6.30. The Balaban J connectivity index is 1.30. The molecule has 3 N–H and O–H groups in total. The average Bonchev–Trinajstić information content (AvgIpc) is 3.78. The standard InChI is InChI=1S/C24H21ClN8O/c25-16-3-1-2-15(10-16)24(8-9-24)22(34)28-18-6-7-19(20(11-18)21-30-32-33-31-21)14-12-26-23(27-13-14)29-17-4-5-17/h1-3,6-7,10-13,17H,4-5,8-9H2,(H,28,34)(H,26,27,29)(H,30,31,32,33). The van der Waals surface area contributed by atoms with E-state index in [1.54, 1.807) is 12.4 Å². The zero-order chi connectivity index (χ0) is 23.1. The maximum atomic E-state index is 13.3. The van der Waals surface area contributed by atoms with Crippen LogP contribution in [0.25, 0.3) is 22.5 Å².